The van der Waals surface area contributed by atoms with Crippen molar-refractivity contribution >= 4 is 15.9 Å². The Bertz CT molecular complexity index is 409. The Morgan fingerprint density at radius 3 is 2.70 bits per heavy atom. The topological polar surface area (TPSA) is 84.5 Å². The molecule has 1 heterocycles. The average molecular weight is 306 g/mol. The van der Waals surface area contributed by atoms with Gasteiger partial charge in [0, 0.05) is 19.4 Å². The molecule has 0 aromatic rings. The summed E-state index contributed by atoms with van der Waals surface area (Å²) in [6.45, 7) is 5.13. The fourth-order valence-corrected chi connectivity index (χ4v) is 2.74. The largest absolute Gasteiger partial charge is 0.376 e. The lowest BCUT2D eigenvalue weighted by Crippen LogP contribution is -2.51. The maximum Gasteiger partial charge on any atom is 0.315 e. The molecule has 0 aromatic heterocycles. The first-order valence-electron chi connectivity index (χ1n) is 7.11. The highest BCUT2D eigenvalue weighted by molar-refractivity contribution is 7.90. The summed E-state index contributed by atoms with van der Waals surface area (Å²) >= 11 is 0. The summed E-state index contributed by atoms with van der Waals surface area (Å²) in [6, 6.07) is -0.317. The normalized spacial score (nSPS) is 23.6. The van der Waals surface area contributed by atoms with Crippen LogP contribution in [0.4, 0.5) is 4.79 Å². The fraction of sp³-hybridized carbons (Fsp3) is 0.923. The lowest BCUT2D eigenvalue weighted by Gasteiger charge is -2.33. The smallest absolute Gasteiger partial charge is 0.315 e. The van der Waals surface area contributed by atoms with Crippen LogP contribution in [0.1, 0.15) is 33.1 Å². The number of amides is 2. The van der Waals surface area contributed by atoms with Gasteiger partial charge in [-0.25, -0.2) is 13.2 Å². The van der Waals surface area contributed by atoms with Gasteiger partial charge < -0.3 is 15.4 Å². The van der Waals surface area contributed by atoms with Crippen molar-refractivity contribution in [2.45, 2.75) is 45.3 Å². The summed E-state index contributed by atoms with van der Waals surface area (Å²) in [5.41, 5.74) is 0. The van der Waals surface area contributed by atoms with Gasteiger partial charge in [-0.3, -0.25) is 0 Å². The lowest BCUT2D eigenvalue weighted by atomic mass is 9.95. The van der Waals surface area contributed by atoms with Crippen molar-refractivity contribution in [3.05, 3.63) is 0 Å². The predicted molar refractivity (Wildman–Crippen MR) is 78.5 cm³/mol. The van der Waals surface area contributed by atoms with Gasteiger partial charge in [-0.15, -0.1) is 0 Å². The van der Waals surface area contributed by atoms with Crippen LogP contribution >= 0.6 is 0 Å². The summed E-state index contributed by atoms with van der Waals surface area (Å²) in [5, 5.41) is 5.47. The van der Waals surface area contributed by atoms with Crippen molar-refractivity contribution in [3.63, 3.8) is 0 Å². The zero-order chi connectivity index (χ0) is 15.2. The summed E-state index contributed by atoms with van der Waals surface area (Å²) in [7, 11) is -3.05. The Morgan fingerprint density at radius 1 is 1.40 bits per heavy atom. The predicted octanol–water partition coefficient (Wildman–Crippen LogP) is 0.924. The first kappa shape index (κ1) is 17.2. The molecule has 0 radical (unpaired) electrons. The third-order valence-corrected chi connectivity index (χ3v) is 4.16. The van der Waals surface area contributed by atoms with Gasteiger partial charge in [0.1, 0.15) is 9.84 Å². The third-order valence-electron chi connectivity index (χ3n) is 3.22. The first-order valence-corrected chi connectivity index (χ1v) is 9.17. The van der Waals surface area contributed by atoms with E-state index in [0.29, 0.717) is 5.92 Å². The van der Waals surface area contributed by atoms with Gasteiger partial charge in [0.2, 0.25) is 0 Å². The van der Waals surface area contributed by atoms with E-state index in [0.717, 1.165) is 32.1 Å². The fourth-order valence-electron chi connectivity index (χ4n) is 2.27. The van der Waals surface area contributed by atoms with Gasteiger partial charge in [-0.2, -0.15) is 0 Å². The molecule has 1 aliphatic rings. The van der Waals surface area contributed by atoms with Crippen LogP contribution in [0.2, 0.25) is 0 Å². The van der Waals surface area contributed by atoms with E-state index in [1.165, 1.54) is 0 Å². The van der Waals surface area contributed by atoms with E-state index >= 15 is 0 Å². The van der Waals surface area contributed by atoms with Gasteiger partial charge in [0.25, 0.3) is 0 Å². The molecule has 0 spiro atoms. The minimum Gasteiger partial charge on any atom is -0.376 e. The van der Waals surface area contributed by atoms with Crippen LogP contribution in [0.15, 0.2) is 0 Å². The highest BCUT2D eigenvalue weighted by Crippen LogP contribution is 2.20. The maximum absolute atomic E-state index is 11.8. The third kappa shape index (κ3) is 7.09. The van der Waals surface area contributed by atoms with Crippen LogP contribution in [0, 0.1) is 5.92 Å². The molecule has 2 N–H and O–H groups in total. The van der Waals surface area contributed by atoms with Crippen LogP contribution in [-0.4, -0.2) is 51.8 Å². The molecule has 0 saturated carbocycles. The molecule has 0 bridgehead atoms. The van der Waals surface area contributed by atoms with Gasteiger partial charge in [-0.1, -0.05) is 13.8 Å². The van der Waals surface area contributed by atoms with Gasteiger partial charge in [0.15, 0.2) is 0 Å². The highest BCUT2D eigenvalue weighted by Gasteiger charge is 2.27. The molecule has 1 rings (SSSR count). The van der Waals surface area contributed by atoms with Crippen molar-refractivity contribution in [3.8, 4) is 0 Å². The Kier molecular flexibility index (Phi) is 6.75. The Labute approximate surface area is 121 Å². The van der Waals surface area contributed by atoms with Gasteiger partial charge in [0.05, 0.1) is 17.9 Å². The summed E-state index contributed by atoms with van der Waals surface area (Å²) < 4.78 is 27.7. The van der Waals surface area contributed by atoms with Crippen molar-refractivity contribution in [2.75, 3.05) is 25.2 Å². The zero-order valence-electron chi connectivity index (χ0n) is 12.5. The van der Waals surface area contributed by atoms with E-state index in [1.807, 2.05) is 0 Å². The van der Waals surface area contributed by atoms with Crippen LogP contribution in [0.3, 0.4) is 0 Å². The van der Waals surface area contributed by atoms with Crippen LogP contribution in [0.5, 0.6) is 0 Å². The molecule has 1 aliphatic heterocycles. The van der Waals surface area contributed by atoms with E-state index in [2.05, 4.69) is 24.5 Å². The number of sulfone groups is 1. The summed E-state index contributed by atoms with van der Waals surface area (Å²) in [5.74, 6) is 0.465. The number of ether oxygens (including phenoxy) is 1. The van der Waals surface area contributed by atoms with Crippen LogP contribution in [-0.2, 0) is 14.6 Å². The molecule has 0 unspecified atom stereocenters. The summed E-state index contributed by atoms with van der Waals surface area (Å²) in [6.07, 6.45) is 3.94. The molecule has 1 fully saturated rings. The molecule has 0 aromatic carbocycles. The number of rotatable bonds is 6. The Balaban J connectivity index is 2.38. The van der Waals surface area contributed by atoms with Crippen molar-refractivity contribution in [2.24, 2.45) is 5.92 Å². The van der Waals surface area contributed by atoms with Crippen LogP contribution in [0.25, 0.3) is 0 Å². The lowest BCUT2D eigenvalue weighted by molar-refractivity contribution is -0.0169. The first-order chi connectivity index (χ1) is 9.28. The van der Waals surface area contributed by atoms with E-state index in [1.54, 1.807) is 0 Å². The molecule has 2 atom stereocenters. The monoisotopic (exact) mass is 306 g/mol. The molecule has 118 valence electrons. The Hall–Kier alpha value is -0.820. The minimum atomic E-state index is -3.05. The number of nitrogens with one attached hydrogen (secondary N) is 2. The van der Waals surface area contributed by atoms with E-state index < -0.39 is 9.84 Å². The number of urea groups is 1. The molecule has 1 saturated heterocycles. The quantitative estimate of drug-likeness (QED) is 0.764. The van der Waals surface area contributed by atoms with E-state index in [-0.39, 0.29) is 30.5 Å². The van der Waals surface area contributed by atoms with E-state index in [9.17, 15) is 13.2 Å². The minimum absolute atomic E-state index is 0.00406. The number of hydrogen-bond donors (Lipinski definition) is 2. The second kappa shape index (κ2) is 7.83. The summed E-state index contributed by atoms with van der Waals surface area (Å²) in [4.78, 5) is 11.8. The zero-order valence-corrected chi connectivity index (χ0v) is 13.3. The molecule has 7 heteroatoms. The molecule has 0 aliphatic carbocycles. The maximum atomic E-state index is 11.8. The second-order valence-corrected chi connectivity index (χ2v) is 8.08. The SMILES string of the molecule is CC(C)C[C@@H]1OCCC[C@H]1NC(=O)NCCS(C)(=O)=O. The molecule has 20 heavy (non-hydrogen) atoms. The molecule has 6 nitrogen and oxygen atoms in total. The number of carbonyl (C=O) groups is 1. The van der Waals surface area contributed by atoms with Crippen molar-refractivity contribution in [1.29, 1.82) is 0 Å². The van der Waals surface area contributed by atoms with Gasteiger partial charge in [-0.05, 0) is 25.2 Å². The Morgan fingerprint density at radius 2 is 2.10 bits per heavy atom. The van der Waals surface area contributed by atoms with Crippen LogP contribution < -0.4 is 10.6 Å². The molecule has 2 amide bonds. The standard InChI is InChI=1S/C13H26N2O4S/c1-10(2)9-12-11(5-4-7-19-12)15-13(16)14-6-8-20(3,17)18/h10-12H,4-9H2,1-3H3,(H2,14,15,16)/t11-,12+/m1/s1. The highest BCUT2D eigenvalue weighted by atomic mass is 32.2. The number of hydrogen-bond acceptors (Lipinski definition) is 4. The molecular formula is C13H26N2O4S. The average Bonchev–Trinajstić information content (AvgIpc) is 2.29. The second-order valence-electron chi connectivity index (χ2n) is 5.82. The van der Waals surface area contributed by atoms with Gasteiger partial charge >= 0.3 is 6.03 Å². The van der Waals surface area contributed by atoms with E-state index in [4.69, 9.17) is 4.74 Å². The van der Waals surface area contributed by atoms with Crippen molar-refractivity contribution < 1.29 is 17.9 Å². The van der Waals surface area contributed by atoms with Crippen molar-refractivity contribution in [1.82, 2.24) is 10.6 Å². The molecular weight excluding hydrogens is 280 g/mol. The number of carbonyl (C=O) groups excluding carboxylic acids is 1.